The van der Waals surface area contributed by atoms with E-state index in [0.29, 0.717) is 10.7 Å². The molecule has 0 aliphatic rings. The van der Waals surface area contributed by atoms with E-state index in [4.69, 9.17) is 26.6 Å². The van der Waals surface area contributed by atoms with Crippen LogP contribution in [0.3, 0.4) is 0 Å². The number of hydrogen-bond acceptors (Lipinski definition) is 3. The highest BCUT2D eigenvalue weighted by Gasteiger charge is 2.18. The Morgan fingerprint density at radius 1 is 0.786 bits per heavy atom. The number of halogens is 1. The highest BCUT2D eigenvalue weighted by atomic mass is 35.5. The van der Waals surface area contributed by atoms with Gasteiger partial charge >= 0.3 is 0 Å². The fraction of sp³-hybridized carbons (Fsp3) is 0.0870. The second-order valence-electron chi connectivity index (χ2n) is 6.93. The van der Waals surface area contributed by atoms with Crippen LogP contribution in [0, 0.1) is 13.8 Å². The lowest BCUT2D eigenvalue weighted by atomic mass is 10.1. The van der Waals surface area contributed by atoms with E-state index in [0.717, 1.165) is 39.3 Å². The first kappa shape index (κ1) is 16.9. The molecule has 2 heterocycles. The Kier molecular flexibility index (Phi) is 3.88. The maximum Gasteiger partial charge on any atom is 0.199 e. The molecule has 0 N–H and O–H groups in total. The predicted octanol–water partition coefficient (Wildman–Crippen LogP) is 5.91. The molecular weight excluding hydrogens is 368 g/mol. The number of aromatic nitrogens is 4. The average Bonchev–Trinajstić information content (AvgIpc) is 3.05. The third kappa shape index (κ3) is 2.74. The van der Waals surface area contributed by atoms with E-state index in [-0.39, 0.29) is 0 Å². The van der Waals surface area contributed by atoms with Gasteiger partial charge in [-0.2, -0.15) is 0 Å². The van der Waals surface area contributed by atoms with Crippen molar-refractivity contribution in [1.82, 2.24) is 19.5 Å². The highest BCUT2D eigenvalue weighted by Crippen LogP contribution is 2.30. The van der Waals surface area contributed by atoms with Crippen molar-refractivity contribution in [3.05, 3.63) is 82.9 Å². The van der Waals surface area contributed by atoms with Crippen molar-refractivity contribution in [3.63, 3.8) is 0 Å². The van der Waals surface area contributed by atoms with Crippen molar-refractivity contribution < 1.29 is 0 Å². The number of aryl methyl sites for hydroxylation is 2. The number of para-hydroxylation sites is 2. The molecular formula is C23H17ClN4. The minimum atomic E-state index is 0.628. The zero-order valence-corrected chi connectivity index (χ0v) is 16.3. The molecule has 5 rings (SSSR count). The molecule has 4 nitrogen and oxygen atoms in total. The van der Waals surface area contributed by atoms with Crippen LogP contribution in [-0.4, -0.2) is 19.5 Å². The molecule has 0 aliphatic heterocycles. The van der Waals surface area contributed by atoms with Crippen LogP contribution in [0.2, 0.25) is 5.02 Å². The van der Waals surface area contributed by atoms with Crippen LogP contribution in [0.5, 0.6) is 0 Å². The van der Waals surface area contributed by atoms with Crippen LogP contribution in [0.25, 0.3) is 39.4 Å². The number of fused-ring (bicyclic) bond motifs is 2. The molecule has 5 heteroatoms. The first-order valence-electron chi connectivity index (χ1n) is 9.09. The van der Waals surface area contributed by atoms with Gasteiger partial charge in [-0.15, -0.1) is 0 Å². The summed E-state index contributed by atoms with van der Waals surface area (Å²) in [5.74, 6) is 0.800. The molecule has 28 heavy (non-hydrogen) atoms. The number of hydrogen-bond donors (Lipinski definition) is 0. The van der Waals surface area contributed by atoms with Crippen molar-refractivity contribution in [2.24, 2.45) is 0 Å². The topological polar surface area (TPSA) is 43.6 Å². The third-order valence-corrected chi connectivity index (χ3v) is 5.12. The Bertz CT molecular complexity index is 1340. The molecule has 0 fully saturated rings. The lowest BCUT2D eigenvalue weighted by Gasteiger charge is -2.12. The molecule has 0 saturated carbocycles. The van der Waals surface area contributed by atoms with E-state index in [1.807, 2.05) is 48.5 Å². The van der Waals surface area contributed by atoms with E-state index >= 15 is 0 Å². The Morgan fingerprint density at radius 2 is 1.50 bits per heavy atom. The minimum Gasteiger partial charge on any atom is -0.275 e. The summed E-state index contributed by atoms with van der Waals surface area (Å²) in [4.78, 5) is 14.5. The average molecular weight is 385 g/mol. The van der Waals surface area contributed by atoms with Gasteiger partial charge in [0.15, 0.2) is 11.3 Å². The summed E-state index contributed by atoms with van der Waals surface area (Å²) in [6, 6.07) is 22.0. The van der Waals surface area contributed by atoms with Gasteiger partial charge in [0.25, 0.3) is 0 Å². The largest absolute Gasteiger partial charge is 0.275 e. The Labute approximate surface area is 167 Å². The molecule has 0 saturated heterocycles. The summed E-state index contributed by atoms with van der Waals surface area (Å²) in [6.07, 6.45) is 0. The molecule has 0 amide bonds. The van der Waals surface area contributed by atoms with Crippen molar-refractivity contribution >= 4 is 33.9 Å². The van der Waals surface area contributed by atoms with Gasteiger partial charge in [0, 0.05) is 10.6 Å². The van der Waals surface area contributed by atoms with E-state index < -0.39 is 0 Å². The molecule has 2 aromatic heterocycles. The SMILES string of the molecule is Cc1ccc(-n2c(-c3ccc(Cl)cc3)nc3nc4ccccc4nc32)c(C)c1. The third-order valence-electron chi connectivity index (χ3n) is 4.87. The van der Waals surface area contributed by atoms with Gasteiger partial charge in [0.2, 0.25) is 0 Å². The molecule has 0 unspecified atom stereocenters. The van der Waals surface area contributed by atoms with Crippen LogP contribution < -0.4 is 0 Å². The van der Waals surface area contributed by atoms with Gasteiger partial charge in [0.05, 0.1) is 16.7 Å². The molecule has 0 atom stereocenters. The molecule has 136 valence electrons. The van der Waals surface area contributed by atoms with Crippen molar-refractivity contribution in [2.75, 3.05) is 0 Å². The lowest BCUT2D eigenvalue weighted by molar-refractivity contribution is 1.06. The van der Waals surface area contributed by atoms with Gasteiger partial charge in [-0.05, 0) is 61.9 Å². The summed E-state index contributed by atoms with van der Waals surface area (Å²) in [6.45, 7) is 4.20. The fourth-order valence-corrected chi connectivity index (χ4v) is 3.66. The number of benzene rings is 3. The highest BCUT2D eigenvalue weighted by molar-refractivity contribution is 6.30. The number of rotatable bonds is 2. The number of imidazole rings is 1. The second kappa shape index (κ2) is 6.43. The molecule has 0 aliphatic carbocycles. The van der Waals surface area contributed by atoms with Gasteiger partial charge in [0.1, 0.15) is 5.82 Å². The van der Waals surface area contributed by atoms with Crippen molar-refractivity contribution in [2.45, 2.75) is 13.8 Å². The molecule has 0 bridgehead atoms. The first-order chi connectivity index (χ1) is 13.6. The van der Waals surface area contributed by atoms with Crippen molar-refractivity contribution in [1.29, 1.82) is 0 Å². The minimum absolute atomic E-state index is 0.628. The van der Waals surface area contributed by atoms with E-state index in [9.17, 15) is 0 Å². The van der Waals surface area contributed by atoms with E-state index in [2.05, 4.69) is 36.6 Å². The zero-order chi connectivity index (χ0) is 19.3. The Hall–Kier alpha value is -3.24. The predicted molar refractivity (Wildman–Crippen MR) is 114 cm³/mol. The quantitative estimate of drug-likeness (QED) is 0.380. The second-order valence-corrected chi connectivity index (χ2v) is 7.36. The molecule has 0 spiro atoms. The van der Waals surface area contributed by atoms with Crippen LogP contribution >= 0.6 is 11.6 Å². The van der Waals surface area contributed by atoms with E-state index in [1.165, 1.54) is 5.56 Å². The standard InChI is InChI=1S/C23H17ClN4/c1-14-7-12-20(15(2)13-14)28-22(16-8-10-17(24)11-9-16)27-21-23(28)26-19-6-4-3-5-18(19)25-21/h3-13H,1-2H3. The lowest BCUT2D eigenvalue weighted by Crippen LogP contribution is -2.01. The summed E-state index contributed by atoms with van der Waals surface area (Å²) >= 11 is 6.10. The van der Waals surface area contributed by atoms with Crippen LogP contribution in [0.1, 0.15) is 11.1 Å². The first-order valence-corrected chi connectivity index (χ1v) is 9.47. The Morgan fingerprint density at radius 3 is 2.21 bits per heavy atom. The molecule has 0 radical (unpaired) electrons. The maximum absolute atomic E-state index is 6.10. The smallest absolute Gasteiger partial charge is 0.199 e. The van der Waals surface area contributed by atoms with Crippen LogP contribution in [0.15, 0.2) is 66.7 Å². The molecule has 3 aromatic carbocycles. The number of nitrogens with zero attached hydrogens (tertiary/aromatic N) is 4. The maximum atomic E-state index is 6.10. The molecule has 5 aromatic rings. The fourth-order valence-electron chi connectivity index (χ4n) is 3.53. The summed E-state index contributed by atoms with van der Waals surface area (Å²) in [5, 5.41) is 0.694. The van der Waals surface area contributed by atoms with Crippen molar-refractivity contribution in [3.8, 4) is 17.1 Å². The van der Waals surface area contributed by atoms with Crippen LogP contribution in [0.4, 0.5) is 0 Å². The summed E-state index contributed by atoms with van der Waals surface area (Å²) < 4.78 is 2.09. The normalized spacial score (nSPS) is 11.4. The van der Waals surface area contributed by atoms with Gasteiger partial charge in [-0.3, -0.25) is 4.57 Å². The summed E-state index contributed by atoms with van der Waals surface area (Å²) in [5.41, 5.74) is 7.45. The van der Waals surface area contributed by atoms with Gasteiger partial charge < -0.3 is 0 Å². The monoisotopic (exact) mass is 384 g/mol. The zero-order valence-electron chi connectivity index (χ0n) is 15.5. The van der Waals surface area contributed by atoms with Gasteiger partial charge in [-0.25, -0.2) is 15.0 Å². The van der Waals surface area contributed by atoms with E-state index in [1.54, 1.807) is 0 Å². The van der Waals surface area contributed by atoms with Crippen LogP contribution in [-0.2, 0) is 0 Å². The summed E-state index contributed by atoms with van der Waals surface area (Å²) in [7, 11) is 0. The Balaban J connectivity index is 1.89. The van der Waals surface area contributed by atoms with Gasteiger partial charge in [-0.1, -0.05) is 41.4 Å².